The van der Waals surface area contributed by atoms with Gasteiger partial charge in [0, 0.05) is 23.0 Å². The van der Waals surface area contributed by atoms with E-state index in [4.69, 9.17) is 0 Å². The molecule has 130 valence electrons. The highest BCUT2D eigenvalue weighted by Crippen LogP contribution is 2.20. The van der Waals surface area contributed by atoms with Gasteiger partial charge in [0.25, 0.3) is 10.0 Å². The Morgan fingerprint density at radius 3 is 2.04 bits per heavy atom. The molecule has 0 aromatic heterocycles. The van der Waals surface area contributed by atoms with Crippen molar-refractivity contribution in [3.8, 4) is 0 Å². The van der Waals surface area contributed by atoms with E-state index in [1.54, 1.807) is 36.4 Å². The number of halogens is 1. The van der Waals surface area contributed by atoms with Gasteiger partial charge >= 0.3 is 0 Å². The Bertz CT molecular complexity index is 893. The van der Waals surface area contributed by atoms with Gasteiger partial charge < -0.3 is 0 Å². The molecule has 2 aromatic rings. The molecule has 2 aromatic carbocycles. The van der Waals surface area contributed by atoms with Gasteiger partial charge in [-0.2, -0.15) is 0 Å². The van der Waals surface area contributed by atoms with E-state index in [-0.39, 0.29) is 36.1 Å². The molecule has 0 atom stereocenters. The number of hydrogen-bond donors (Lipinski definition) is 1. The van der Waals surface area contributed by atoms with Crippen LogP contribution in [0, 0.1) is 0 Å². The third-order valence-electron chi connectivity index (χ3n) is 3.83. The first-order chi connectivity index (χ1) is 11.8. The number of likely N-dealkylation sites (tertiary alicyclic amines) is 1. The monoisotopic (exact) mass is 422 g/mol. The van der Waals surface area contributed by atoms with Gasteiger partial charge in [0.05, 0.1) is 11.4 Å². The highest BCUT2D eigenvalue weighted by atomic mass is 79.9. The molecule has 3 rings (SSSR count). The number of benzene rings is 2. The van der Waals surface area contributed by atoms with E-state index in [9.17, 15) is 18.0 Å². The molecule has 0 aliphatic carbocycles. The second kappa shape index (κ2) is 6.97. The van der Waals surface area contributed by atoms with Crippen LogP contribution in [0.25, 0.3) is 0 Å². The van der Waals surface area contributed by atoms with Crippen LogP contribution in [0.3, 0.4) is 0 Å². The highest BCUT2D eigenvalue weighted by Gasteiger charge is 2.28. The molecule has 1 N–H and O–H groups in total. The van der Waals surface area contributed by atoms with E-state index in [1.807, 2.05) is 0 Å². The first kappa shape index (κ1) is 17.6. The molecule has 0 unspecified atom stereocenters. The molecule has 25 heavy (non-hydrogen) atoms. The third kappa shape index (κ3) is 4.08. The van der Waals surface area contributed by atoms with Crippen LogP contribution >= 0.6 is 15.9 Å². The van der Waals surface area contributed by atoms with Crippen LogP contribution in [0.2, 0.25) is 0 Å². The Hall–Kier alpha value is -2.19. The molecule has 1 aliphatic heterocycles. The van der Waals surface area contributed by atoms with Gasteiger partial charge in [0.15, 0.2) is 0 Å². The van der Waals surface area contributed by atoms with Gasteiger partial charge in [-0.25, -0.2) is 8.42 Å². The molecular weight excluding hydrogens is 408 g/mol. The minimum absolute atomic E-state index is 0.160. The molecular formula is C17H15BrN2O4S. The van der Waals surface area contributed by atoms with Crippen LogP contribution in [-0.2, 0) is 26.2 Å². The van der Waals surface area contributed by atoms with Crippen molar-refractivity contribution in [2.24, 2.45) is 0 Å². The Labute approximate surface area is 154 Å². The minimum Gasteiger partial charge on any atom is -0.280 e. The number of rotatable bonds is 5. The third-order valence-corrected chi connectivity index (χ3v) is 5.75. The summed E-state index contributed by atoms with van der Waals surface area (Å²) in [4.78, 5) is 24.7. The van der Waals surface area contributed by atoms with E-state index in [0.29, 0.717) is 5.69 Å². The van der Waals surface area contributed by atoms with Crippen molar-refractivity contribution in [1.29, 1.82) is 0 Å². The first-order valence-electron chi connectivity index (χ1n) is 7.56. The smallest absolute Gasteiger partial charge is 0.261 e. The lowest BCUT2D eigenvalue weighted by molar-refractivity contribution is -0.139. The quantitative estimate of drug-likeness (QED) is 0.750. The predicted octanol–water partition coefficient (Wildman–Crippen LogP) is 2.90. The van der Waals surface area contributed by atoms with E-state index in [2.05, 4.69) is 20.7 Å². The van der Waals surface area contributed by atoms with Gasteiger partial charge in [0.1, 0.15) is 0 Å². The number of carbonyl (C=O) groups excluding carboxylic acids is 2. The average Bonchev–Trinajstić information content (AvgIpc) is 2.89. The van der Waals surface area contributed by atoms with Crippen molar-refractivity contribution in [3.63, 3.8) is 0 Å². The number of sulfonamides is 1. The largest absolute Gasteiger partial charge is 0.280 e. The Kier molecular flexibility index (Phi) is 4.91. The van der Waals surface area contributed by atoms with Crippen molar-refractivity contribution in [1.82, 2.24) is 4.90 Å². The maximum atomic E-state index is 12.3. The summed E-state index contributed by atoms with van der Waals surface area (Å²) in [5.41, 5.74) is 1.17. The number of carbonyl (C=O) groups is 2. The van der Waals surface area contributed by atoms with Crippen LogP contribution in [0.1, 0.15) is 18.4 Å². The van der Waals surface area contributed by atoms with Crippen LogP contribution < -0.4 is 4.72 Å². The molecule has 6 nitrogen and oxygen atoms in total. The van der Waals surface area contributed by atoms with Gasteiger partial charge in [-0.05, 0) is 42.0 Å². The minimum atomic E-state index is -3.67. The molecule has 0 radical (unpaired) electrons. The van der Waals surface area contributed by atoms with E-state index in [0.717, 1.165) is 10.0 Å². The summed E-state index contributed by atoms with van der Waals surface area (Å²) >= 11 is 3.26. The summed E-state index contributed by atoms with van der Waals surface area (Å²) < 4.78 is 28.0. The van der Waals surface area contributed by atoms with E-state index < -0.39 is 10.0 Å². The molecule has 8 heteroatoms. The van der Waals surface area contributed by atoms with Crippen LogP contribution in [-0.4, -0.2) is 25.1 Å². The zero-order valence-electron chi connectivity index (χ0n) is 13.1. The zero-order chi connectivity index (χ0) is 18.0. The molecule has 1 fully saturated rings. The zero-order valence-corrected chi connectivity index (χ0v) is 15.5. The summed E-state index contributed by atoms with van der Waals surface area (Å²) in [6.07, 6.45) is 0.508. The van der Waals surface area contributed by atoms with Gasteiger partial charge in [0.2, 0.25) is 11.8 Å². The standard InChI is InChI=1S/C17H15BrN2O4S/c18-13-3-7-15(8-4-13)25(23,24)19-14-5-1-12(2-6-14)11-20-16(21)9-10-17(20)22/h1-8,19H,9-11H2. The molecule has 0 bridgehead atoms. The van der Waals surface area contributed by atoms with Gasteiger partial charge in [-0.15, -0.1) is 0 Å². The second-order valence-corrected chi connectivity index (χ2v) is 8.23. The normalized spacial score (nSPS) is 14.8. The maximum absolute atomic E-state index is 12.3. The van der Waals surface area contributed by atoms with Crippen molar-refractivity contribution in [2.75, 3.05) is 4.72 Å². The molecule has 1 aliphatic rings. The summed E-state index contributed by atoms with van der Waals surface area (Å²) in [6, 6.07) is 12.9. The lowest BCUT2D eigenvalue weighted by Crippen LogP contribution is -2.28. The van der Waals surface area contributed by atoms with Crippen LogP contribution in [0.4, 0.5) is 5.69 Å². The van der Waals surface area contributed by atoms with Crippen LogP contribution in [0.15, 0.2) is 57.9 Å². The van der Waals surface area contributed by atoms with Crippen molar-refractivity contribution in [3.05, 3.63) is 58.6 Å². The fourth-order valence-electron chi connectivity index (χ4n) is 2.49. The van der Waals surface area contributed by atoms with Gasteiger partial charge in [-0.3, -0.25) is 19.2 Å². The fraction of sp³-hybridized carbons (Fsp3) is 0.176. The van der Waals surface area contributed by atoms with E-state index in [1.165, 1.54) is 17.0 Å². The van der Waals surface area contributed by atoms with Gasteiger partial charge in [-0.1, -0.05) is 28.1 Å². The topological polar surface area (TPSA) is 83.6 Å². The number of nitrogens with one attached hydrogen (secondary N) is 1. The number of amides is 2. The molecule has 1 saturated heterocycles. The van der Waals surface area contributed by atoms with Crippen molar-refractivity contribution < 1.29 is 18.0 Å². The summed E-state index contributed by atoms with van der Waals surface area (Å²) in [5, 5.41) is 0. The SMILES string of the molecule is O=C1CCC(=O)N1Cc1ccc(NS(=O)(=O)c2ccc(Br)cc2)cc1. The second-order valence-electron chi connectivity index (χ2n) is 5.63. The summed E-state index contributed by atoms with van der Waals surface area (Å²) in [7, 11) is -3.67. The summed E-state index contributed by atoms with van der Waals surface area (Å²) in [6.45, 7) is 0.206. The first-order valence-corrected chi connectivity index (χ1v) is 9.83. The summed E-state index contributed by atoms with van der Waals surface area (Å²) in [5.74, 6) is -0.352. The highest BCUT2D eigenvalue weighted by molar-refractivity contribution is 9.10. The molecule has 1 heterocycles. The van der Waals surface area contributed by atoms with Crippen molar-refractivity contribution in [2.45, 2.75) is 24.3 Å². The van der Waals surface area contributed by atoms with Crippen molar-refractivity contribution >= 4 is 43.5 Å². The average molecular weight is 423 g/mol. The fourth-order valence-corrected chi connectivity index (χ4v) is 3.81. The lowest BCUT2D eigenvalue weighted by atomic mass is 10.2. The van der Waals surface area contributed by atoms with Crippen LogP contribution in [0.5, 0.6) is 0 Å². The van der Waals surface area contributed by atoms with E-state index >= 15 is 0 Å². The number of anilines is 1. The number of hydrogen-bond acceptors (Lipinski definition) is 4. The number of nitrogens with zero attached hydrogens (tertiary/aromatic N) is 1. The lowest BCUT2D eigenvalue weighted by Gasteiger charge is -2.14. The Morgan fingerprint density at radius 2 is 1.48 bits per heavy atom. The predicted molar refractivity (Wildman–Crippen MR) is 96.2 cm³/mol. The maximum Gasteiger partial charge on any atom is 0.261 e. The molecule has 2 amide bonds. The number of imide groups is 1. The Morgan fingerprint density at radius 1 is 0.920 bits per heavy atom. The Balaban J connectivity index is 1.71. The molecule has 0 spiro atoms. The molecule has 0 saturated carbocycles.